The van der Waals surface area contributed by atoms with Gasteiger partial charge >= 0.3 is 0 Å². The molecule has 0 aliphatic rings. The molecule has 2 aromatic carbocycles. The Morgan fingerprint density at radius 2 is 1.68 bits per heavy atom. The molecule has 0 aliphatic carbocycles. The van der Waals surface area contributed by atoms with Crippen molar-refractivity contribution >= 4 is 35.6 Å². The average Bonchev–Trinajstić information content (AvgIpc) is 2.58. The van der Waals surface area contributed by atoms with Crippen LogP contribution in [0.5, 0.6) is 11.5 Å². The van der Waals surface area contributed by atoms with Crippen molar-refractivity contribution in [3.8, 4) is 11.5 Å². The number of hydrogen-bond donors (Lipinski definition) is 2. The molecule has 0 saturated heterocycles. The summed E-state index contributed by atoms with van der Waals surface area (Å²) in [6.45, 7) is 5.75. The third-order valence-corrected chi connectivity index (χ3v) is 3.34. The van der Waals surface area contributed by atoms with Gasteiger partial charge in [-0.2, -0.15) is 0 Å². The maximum absolute atomic E-state index is 5.91. The molecule has 2 aromatic rings. The van der Waals surface area contributed by atoms with Gasteiger partial charge < -0.3 is 20.5 Å². The highest BCUT2D eigenvalue weighted by molar-refractivity contribution is 14.0. The van der Waals surface area contributed by atoms with E-state index in [9.17, 15) is 0 Å². The lowest BCUT2D eigenvalue weighted by molar-refractivity contribution is 0.287. The van der Waals surface area contributed by atoms with E-state index in [1.165, 1.54) is 0 Å². The van der Waals surface area contributed by atoms with Crippen LogP contribution in [-0.4, -0.2) is 25.7 Å². The number of guanidine groups is 1. The molecule has 0 aromatic heterocycles. The molecule has 5 nitrogen and oxygen atoms in total. The molecular weight excluding hydrogens is 429 g/mol. The Bertz CT molecular complexity index is 663. The Balaban J connectivity index is 0.00000312. The van der Waals surface area contributed by atoms with Gasteiger partial charge in [0.2, 0.25) is 0 Å². The Kier molecular flexibility index (Phi) is 9.76. The Morgan fingerprint density at radius 1 is 1.00 bits per heavy atom. The molecule has 0 saturated carbocycles. The molecule has 0 fully saturated rings. The summed E-state index contributed by atoms with van der Waals surface area (Å²) in [4.78, 5) is 4.36. The molecule has 136 valence electrons. The van der Waals surface area contributed by atoms with Gasteiger partial charge in [-0.15, -0.1) is 24.0 Å². The Morgan fingerprint density at radius 3 is 2.36 bits per heavy atom. The second kappa shape index (κ2) is 11.6. The van der Waals surface area contributed by atoms with Crippen molar-refractivity contribution in [1.82, 2.24) is 0 Å². The molecule has 2 rings (SSSR count). The van der Waals surface area contributed by atoms with Gasteiger partial charge in [0, 0.05) is 12.2 Å². The Hall–Kier alpha value is -1.96. The average molecular weight is 455 g/mol. The number of nitrogens with one attached hydrogen (secondary N) is 1. The fourth-order valence-electron chi connectivity index (χ4n) is 2.27. The van der Waals surface area contributed by atoms with Crippen LogP contribution >= 0.6 is 24.0 Å². The van der Waals surface area contributed by atoms with E-state index in [1.54, 1.807) is 0 Å². The third kappa shape index (κ3) is 7.21. The lowest BCUT2D eigenvalue weighted by Gasteiger charge is -2.12. The minimum atomic E-state index is 0. The first-order chi connectivity index (χ1) is 11.7. The largest absolute Gasteiger partial charge is 0.490 e. The molecular formula is C19H26IN3O2. The normalized spacial score (nSPS) is 10.7. The molecule has 0 amide bonds. The van der Waals surface area contributed by atoms with Crippen molar-refractivity contribution in [1.29, 1.82) is 0 Å². The van der Waals surface area contributed by atoms with E-state index in [-0.39, 0.29) is 24.0 Å². The molecule has 0 unspecified atom stereocenters. The van der Waals surface area contributed by atoms with Gasteiger partial charge in [0.05, 0.1) is 13.2 Å². The van der Waals surface area contributed by atoms with Crippen LogP contribution in [-0.2, 0) is 6.42 Å². The van der Waals surface area contributed by atoms with Crippen LogP contribution in [0, 0.1) is 0 Å². The van der Waals surface area contributed by atoms with Gasteiger partial charge in [-0.3, -0.25) is 4.99 Å². The number of nitrogens with two attached hydrogens (primary N) is 1. The van der Waals surface area contributed by atoms with Crippen molar-refractivity contribution in [3.05, 3.63) is 54.1 Å². The number of benzene rings is 2. The molecule has 0 atom stereocenters. The first-order valence-electron chi connectivity index (χ1n) is 8.23. The third-order valence-electron chi connectivity index (χ3n) is 3.34. The number of aliphatic imine (C=N–C) groups is 1. The van der Waals surface area contributed by atoms with Crippen molar-refractivity contribution < 1.29 is 9.47 Å². The smallest absolute Gasteiger partial charge is 0.193 e. The number of nitrogens with zero attached hydrogens (tertiary/aromatic N) is 1. The maximum Gasteiger partial charge on any atom is 0.193 e. The summed E-state index contributed by atoms with van der Waals surface area (Å²) in [5, 5.41) is 3.07. The van der Waals surface area contributed by atoms with Gasteiger partial charge in [-0.25, -0.2) is 0 Å². The summed E-state index contributed by atoms with van der Waals surface area (Å²) >= 11 is 0. The molecule has 3 N–H and O–H groups in total. The Labute approximate surface area is 166 Å². The highest BCUT2D eigenvalue weighted by Crippen LogP contribution is 2.28. The van der Waals surface area contributed by atoms with Crippen molar-refractivity contribution in [2.45, 2.75) is 20.3 Å². The van der Waals surface area contributed by atoms with Gasteiger partial charge in [0.1, 0.15) is 0 Å². The first kappa shape index (κ1) is 21.1. The van der Waals surface area contributed by atoms with Gasteiger partial charge in [0.15, 0.2) is 17.5 Å². The molecule has 0 spiro atoms. The molecule has 25 heavy (non-hydrogen) atoms. The molecule has 0 heterocycles. The summed E-state index contributed by atoms with van der Waals surface area (Å²) in [7, 11) is 0. The minimum Gasteiger partial charge on any atom is -0.490 e. The summed E-state index contributed by atoms with van der Waals surface area (Å²) < 4.78 is 11.2. The number of para-hydroxylation sites is 1. The fraction of sp³-hybridized carbons (Fsp3) is 0.316. The van der Waals surface area contributed by atoms with Crippen LogP contribution in [0.3, 0.4) is 0 Å². The zero-order valence-electron chi connectivity index (χ0n) is 14.7. The van der Waals surface area contributed by atoms with E-state index in [0.717, 1.165) is 29.2 Å². The second-order valence-electron chi connectivity index (χ2n) is 5.16. The molecule has 6 heteroatoms. The fourth-order valence-corrected chi connectivity index (χ4v) is 2.27. The number of halogens is 1. The predicted octanol–water partition coefficient (Wildman–Crippen LogP) is 4.07. The lowest BCUT2D eigenvalue weighted by atomic mass is 10.1. The predicted molar refractivity (Wildman–Crippen MR) is 114 cm³/mol. The van der Waals surface area contributed by atoms with Gasteiger partial charge in [0.25, 0.3) is 0 Å². The molecule has 0 aliphatic heterocycles. The maximum atomic E-state index is 5.91. The quantitative estimate of drug-likeness (QED) is 0.358. The van der Waals surface area contributed by atoms with Crippen molar-refractivity contribution in [2.75, 3.05) is 25.1 Å². The van der Waals surface area contributed by atoms with Crippen LogP contribution < -0.4 is 20.5 Å². The summed E-state index contributed by atoms with van der Waals surface area (Å²) in [5.41, 5.74) is 7.97. The number of hydrogen-bond acceptors (Lipinski definition) is 3. The standard InChI is InChI=1S/C19H25N3O2.HI/c1-3-23-17-11-10-15(14-18(17)24-4-2)12-13-21-19(20)22-16-8-6-5-7-9-16;/h5-11,14H,3-4,12-13H2,1-2H3,(H3,20,21,22);1H. The summed E-state index contributed by atoms with van der Waals surface area (Å²) in [6.07, 6.45) is 0.781. The van der Waals surface area contributed by atoms with Crippen LogP contribution in [0.25, 0.3) is 0 Å². The lowest BCUT2D eigenvalue weighted by Crippen LogP contribution is -2.23. The van der Waals surface area contributed by atoms with Gasteiger partial charge in [-0.1, -0.05) is 24.3 Å². The van der Waals surface area contributed by atoms with Crippen LogP contribution in [0.15, 0.2) is 53.5 Å². The molecule has 0 bridgehead atoms. The van der Waals surface area contributed by atoms with E-state index < -0.39 is 0 Å². The highest BCUT2D eigenvalue weighted by Gasteiger charge is 2.06. The van der Waals surface area contributed by atoms with Crippen LogP contribution in [0.4, 0.5) is 5.69 Å². The van der Waals surface area contributed by atoms with Gasteiger partial charge in [-0.05, 0) is 50.1 Å². The van der Waals surface area contributed by atoms with Crippen molar-refractivity contribution in [3.63, 3.8) is 0 Å². The summed E-state index contributed by atoms with van der Waals surface area (Å²) in [6, 6.07) is 15.7. The zero-order chi connectivity index (χ0) is 17.2. The van der Waals surface area contributed by atoms with Crippen LogP contribution in [0.2, 0.25) is 0 Å². The number of ether oxygens (including phenoxy) is 2. The summed E-state index contributed by atoms with van der Waals surface area (Å²) in [5.74, 6) is 1.96. The SMILES string of the molecule is CCOc1ccc(CCN=C(N)Nc2ccccc2)cc1OCC.I. The van der Waals surface area contributed by atoms with E-state index in [2.05, 4.69) is 10.3 Å². The van der Waals surface area contributed by atoms with E-state index in [0.29, 0.717) is 25.7 Å². The minimum absolute atomic E-state index is 0. The van der Waals surface area contributed by atoms with Crippen molar-refractivity contribution in [2.24, 2.45) is 10.7 Å². The second-order valence-corrected chi connectivity index (χ2v) is 5.16. The highest BCUT2D eigenvalue weighted by atomic mass is 127. The number of rotatable bonds is 8. The van der Waals surface area contributed by atoms with Crippen LogP contribution in [0.1, 0.15) is 19.4 Å². The molecule has 0 radical (unpaired) electrons. The number of anilines is 1. The van der Waals surface area contributed by atoms with E-state index >= 15 is 0 Å². The topological polar surface area (TPSA) is 68.9 Å². The van der Waals surface area contributed by atoms with E-state index in [1.807, 2.05) is 62.4 Å². The zero-order valence-corrected chi connectivity index (χ0v) is 17.0. The monoisotopic (exact) mass is 455 g/mol. The van der Waals surface area contributed by atoms with E-state index in [4.69, 9.17) is 15.2 Å². The first-order valence-corrected chi connectivity index (χ1v) is 8.23.